The van der Waals surface area contributed by atoms with Crippen LogP contribution in [0.2, 0.25) is 0 Å². The molecule has 3 rings (SSSR count). The van der Waals surface area contributed by atoms with Crippen molar-refractivity contribution in [3.05, 3.63) is 64.2 Å². The molecular formula is C17H17N3O4S2. The highest BCUT2D eigenvalue weighted by Gasteiger charge is 2.23. The Morgan fingerprint density at radius 3 is 2.65 bits per heavy atom. The number of carbonyl (C=O) groups is 1. The molecule has 0 unspecified atom stereocenters. The molecule has 0 spiro atoms. The Morgan fingerprint density at radius 2 is 1.92 bits per heavy atom. The molecule has 9 heteroatoms. The van der Waals surface area contributed by atoms with E-state index in [-0.39, 0.29) is 24.0 Å². The summed E-state index contributed by atoms with van der Waals surface area (Å²) in [6, 6.07) is 12.6. The topological polar surface area (TPSA) is 102 Å². The maximum atomic E-state index is 12.3. The lowest BCUT2D eigenvalue weighted by Gasteiger charge is -2.02. The molecule has 0 aliphatic carbocycles. The zero-order valence-corrected chi connectivity index (χ0v) is 15.4. The largest absolute Gasteiger partial charge is 0.412 e. The summed E-state index contributed by atoms with van der Waals surface area (Å²) in [5.74, 6) is -0.135. The van der Waals surface area contributed by atoms with Crippen molar-refractivity contribution in [1.82, 2.24) is 15.5 Å². The molecule has 1 aromatic carbocycles. The van der Waals surface area contributed by atoms with E-state index in [1.54, 1.807) is 24.3 Å². The van der Waals surface area contributed by atoms with Crippen LogP contribution in [-0.2, 0) is 33.2 Å². The first-order valence-electron chi connectivity index (χ1n) is 7.91. The lowest BCUT2D eigenvalue weighted by atomic mass is 10.2. The van der Waals surface area contributed by atoms with Crippen LogP contribution in [0.4, 0.5) is 0 Å². The summed E-state index contributed by atoms with van der Waals surface area (Å²) in [6.45, 7) is 0.296. The Hall–Kier alpha value is -2.52. The van der Waals surface area contributed by atoms with E-state index in [1.807, 2.05) is 23.6 Å². The molecule has 0 fully saturated rings. The first-order valence-corrected chi connectivity index (χ1v) is 10.4. The molecule has 0 saturated carbocycles. The summed E-state index contributed by atoms with van der Waals surface area (Å²) in [4.78, 5) is 12.8. The van der Waals surface area contributed by atoms with Gasteiger partial charge in [-0.25, -0.2) is 8.42 Å². The van der Waals surface area contributed by atoms with Crippen LogP contribution in [0.3, 0.4) is 0 Å². The van der Waals surface area contributed by atoms with E-state index in [9.17, 15) is 13.2 Å². The van der Waals surface area contributed by atoms with Gasteiger partial charge in [0.1, 0.15) is 0 Å². The molecule has 1 N–H and O–H groups in total. The van der Waals surface area contributed by atoms with E-state index in [0.717, 1.165) is 4.88 Å². The van der Waals surface area contributed by atoms with Gasteiger partial charge in [-0.3, -0.25) is 4.79 Å². The number of benzene rings is 1. The van der Waals surface area contributed by atoms with Gasteiger partial charge in [-0.05, 0) is 17.0 Å². The van der Waals surface area contributed by atoms with Gasteiger partial charge in [-0.2, -0.15) is 0 Å². The predicted octanol–water partition coefficient (Wildman–Crippen LogP) is 2.01. The van der Waals surface area contributed by atoms with Gasteiger partial charge in [0.25, 0.3) is 0 Å². The zero-order valence-electron chi connectivity index (χ0n) is 13.8. The molecule has 0 radical (unpaired) electrons. The fraction of sp³-hybridized carbons (Fsp3) is 0.235. The van der Waals surface area contributed by atoms with Crippen molar-refractivity contribution in [2.75, 3.05) is 6.54 Å². The number of nitrogens with zero attached hydrogens (tertiary/aromatic N) is 2. The van der Waals surface area contributed by atoms with Gasteiger partial charge in [-0.1, -0.05) is 41.5 Å². The summed E-state index contributed by atoms with van der Waals surface area (Å²) >= 11 is 1.52. The minimum absolute atomic E-state index is 0.108. The van der Waals surface area contributed by atoms with Crippen LogP contribution in [0.1, 0.15) is 16.3 Å². The summed E-state index contributed by atoms with van der Waals surface area (Å²) in [5, 5.41) is 11.6. The van der Waals surface area contributed by atoms with Gasteiger partial charge < -0.3 is 9.73 Å². The summed E-state index contributed by atoms with van der Waals surface area (Å²) in [5.41, 5.74) is 0.646. The van der Waals surface area contributed by atoms with Gasteiger partial charge in [0.2, 0.25) is 21.6 Å². The minimum Gasteiger partial charge on any atom is -0.412 e. The number of rotatable bonds is 8. The Bertz CT molecular complexity index is 951. The number of sulfone groups is 1. The second-order valence-electron chi connectivity index (χ2n) is 5.56. The first kappa shape index (κ1) is 18.3. The van der Waals surface area contributed by atoms with Crippen molar-refractivity contribution in [2.24, 2.45) is 0 Å². The lowest BCUT2D eigenvalue weighted by molar-refractivity contribution is -0.120. The van der Waals surface area contributed by atoms with Crippen LogP contribution in [0.25, 0.3) is 0 Å². The fourth-order valence-electron chi connectivity index (χ4n) is 2.26. The molecule has 3 aromatic rings. The van der Waals surface area contributed by atoms with Crippen LogP contribution in [0.5, 0.6) is 0 Å². The van der Waals surface area contributed by atoms with E-state index < -0.39 is 15.1 Å². The molecule has 136 valence electrons. The van der Waals surface area contributed by atoms with Crippen LogP contribution in [0, 0.1) is 0 Å². The normalized spacial score (nSPS) is 11.4. The Kier molecular flexibility index (Phi) is 5.79. The van der Waals surface area contributed by atoms with E-state index in [2.05, 4.69) is 15.5 Å². The number of hydrogen-bond donors (Lipinski definition) is 1. The quantitative estimate of drug-likeness (QED) is 0.630. The second-order valence-corrected chi connectivity index (χ2v) is 8.46. The van der Waals surface area contributed by atoms with Crippen LogP contribution < -0.4 is 5.32 Å². The van der Waals surface area contributed by atoms with Crippen molar-refractivity contribution in [1.29, 1.82) is 0 Å². The van der Waals surface area contributed by atoms with Crippen molar-refractivity contribution >= 4 is 27.1 Å². The fourth-order valence-corrected chi connectivity index (χ4v) is 4.11. The van der Waals surface area contributed by atoms with E-state index in [1.165, 1.54) is 11.3 Å². The molecule has 1 amide bonds. The number of nitrogens with one attached hydrogen (secondary N) is 1. The average molecular weight is 391 g/mol. The van der Waals surface area contributed by atoms with Gasteiger partial charge in [0.15, 0.2) is 0 Å². The average Bonchev–Trinajstić information content (AvgIpc) is 3.27. The second kappa shape index (κ2) is 8.24. The molecule has 2 heterocycles. The number of hydrogen-bond acceptors (Lipinski definition) is 7. The van der Waals surface area contributed by atoms with Crippen LogP contribution in [-0.4, -0.2) is 31.1 Å². The van der Waals surface area contributed by atoms with E-state index >= 15 is 0 Å². The number of carbonyl (C=O) groups excluding carboxylic acids is 1. The van der Waals surface area contributed by atoms with Crippen molar-refractivity contribution < 1.29 is 17.6 Å². The Labute approximate surface area is 155 Å². The molecule has 2 aromatic heterocycles. The SMILES string of the molecule is O=C(Cc1cccs1)NCCc1nnc(S(=O)(=O)Cc2ccccc2)o1. The predicted molar refractivity (Wildman–Crippen MR) is 96.4 cm³/mol. The Morgan fingerprint density at radius 1 is 1.12 bits per heavy atom. The lowest BCUT2D eigenvalue weighted by Crippen LogP contribution is -2.27. The highest BCUT2D eigenvalue weighted by atomic mass is 32.2. The summed E-state index contributed by atoms with van der Waals surface area (Å²) in [6.07, 6.45) is 0.586. The highest BCUT2D eigenvalue weighted by molar-refractivity contribution is 7.90. The third-order valence-electron chi connectivity index (χ3n) is 3.49. The van der Waals surface area contributed by atoms with Crippen molar-refractivity contribution in [3.63, 3.8) is 0 Å². The van der Waals surface area contributed by atoms with Crippen LogP contribution in [0.15, 0.2) is 57.5 Å². The highest BCUT2D eigenvalue weighted by Crippen LogP contribution is 2.15. The van der Waals surface area contributed by atoms with Crippen LogP contribution >= 0.6 is 11.3 Å². The third kappa shape index (κ3) is 4.99. The standard InChI is InChI=1S/C17H17N3O4S2/c21-15(11-14-7-4-10-25-14)18-9-8-16-19-20-17(24-16)26(22,23)12-13-5-2-1-3-6-13/h1-7,10H,8-9,11-12H2,(H,18,21). The molecule has 0 atom stereocenters. The Balaban J connectivity index is 1.52. The number of thiophene rings is 1. The maximum absolute atomic E-state index is 12.3. The van der Waals surface area contributed by atoms with Gasteiger partial charge in [0, 0.05) is 17.8 Å². The molecule has 0 saturated heterocycles. The number of amides is 1. The van der Waals surface area contributed by atoms with Gasteiger partial charge in [0.05, 0.1) is 12.2 Å². The van der Waals surface area contributed by atoms with E-state index in [4.69, 9.17) is 4.42 Å². The van der Waals surface area contributed by atoms with Gasteiger partial charge >= 0.3 is 5.22 Å². The molecule has 0 aliphatic rings. The minimum atomic E-state index is -3.69. The molecular weight excluding hydrogens is 374 g/mol. The van der Waals surface area contributed by atoms with Crippen molar-refractivity contribution in [2.45, 2.75) is 23.8 Å². The molecule has 26 heavy (non-hydrogen) atoms. The molecule has 0 bridgehead atoms. The smallest absolute Gasteiger partial charge is 0.335 e. The number of aromatic nitrogens is 2. The van der Waals surface area contributed by atoms with Crippen molar-refractivity contribution in [3.8, 4) is 0 Å². The maximum Gasteiger partial charge on any atom is 0.335 e. The molecule has 0 aliphatic heterocycles. The monoisotopic (exact) mass is 391 g/mol. The summed E-state index contributed by atoms with van der Waals surface area (Å²) < 4.78 is 29.9. The molecule has 7 nitrogen and oxygen atoms in total. The van der Waals surface area contributed by atoms with Gasteiger partial charge in [-0.15, -0.1) is 16.4 Å². The summed E-state index contributed by atoms with van der Waals surface area (Å²) in [7, 11) is -3.69. The zero-order chi connectivity index (χ0) is 18.4. The van der Waals surface area contributed by atoms with E-state index in [0.29, 0.717) is 18.5 Å². The third-order valence-corrected chi connectivity index (χ3v) is 5.78. The first-order chi connectivity index (χ1) is 12.5.